The summed E-state index contributed by atoms with van der Waals surface area (Å²) >= 11 is -10.4. The molecule has 0 atom stereocenters. The van der Waals surface area contributed by atoms with Gasteiger partial charge in [-0.1, -0.05) is 0 Å². The van der Waals surface area contributed by atoms with E-state index in [9.17, 15) is 15.1 Å². The van der Waals surface area contributed by atoms with E-state index in [1.807, 2.05) is 0 Å². The van der Waals surface area contributed by atoms with Gasteiger partial charge in [-0.25, -0.2) is 0 Å². The summed E-state index contributed by atoms with van der Waals surface area (Å²) in [5.74, 6) is 0. The van der Waals surface area contributed by atoms with Gasteiger partial charge in [-0.05, 0) is 0 Å². The first-order chi connectivity index (χ1) is 2.45. The predicted octanol–water partition coefficient (Wildman–Crippen LogP) is 2.79. The molecule has 0 nitrogen and oxygen atoms in total. The van der Waals surface area contributed by atoms with Gasteiger partial charge in [-0.15, -0.1) is 0 Å². The van der Waals surface area contributed by atoms with Gasteiger partial charge in [0.1, 0.15) is 0 Å². The van der Waals surface area contributed by atoms with Crippen LogP contribution in [0.1, 0.15) is 0 Å². The molecule has 0 unspecified atom stereocenters. The molecule has 0 aromatic heterocycles. The van der Waals surface area contributed by atoms with Gasteiger partial charge in [0.15, 0.2) is 0 Å². The molecule has 0 aromatic rings. The molecule has 0 saturated heterocycles. The second-order valence-corrected chi connectivity index (χ2v) is 13.1. The molecule has 0 aromatic carbocycles. The minimum absolute atomic E-state index is 2.91. The van der Waals surface area contributed by atoms with Crippen molar-refractivity contribution < 1.29 is 31.3 Å². The van der Waals surface area contributed by atoms with E-state index in [0.29, 0.717) is 0 Å². The number of hydrogen-bond acceptors (Lipinski definition) is 0. The number of hydrogen-bond donors (Lipinski definition) is 0. The molecule has 0 bridgehead atoms. The number of rotatable bonds is 0. The van der Waals surface area contributed by atoms with Crippen LogP contribution >= 0.6 is 9.19 Å². The van der Waals surface area contributed by atoms with Crippen molar-refractivity contribution in [1.29, 1.82) is 0 Å². The molecule has 0 radical (unpaired) electrons. The second kappa shape index (κ2) is 0.877. The summed E-state index contributed by atoms with van der Waals surface area (Å²) in [6, 6.07) is 0. The summed E-state index contributed by atoms with van der Waals surface area (Å²) in [7, 11) is 2.91. The Hall–Kier alpha value is 0.680. The zero-order chi connectivity index (χ0) is 6.41. The first-order valence-corrected chi connectivity index (χ1v) is 11.1. The Balaban J connectivity index is 4.43. The van der Waals surface area contributed by atoms with E-state index in [4.69, 9.17) is 0 Å². The summed E-state index contributed by atoms with van der Waals surface area (Å²) in [6.07, 6.45) is 0. The minimum atomic E-state index is -10.4. The second-order valence-electron chi connectivity index (χ2n) is 0.958. The van der Waals surface area contributed by atoms with Crippen LogP contribution in [0.25, 0.3) is 0 Å². The third kappa shape index (κ3) is 316. The molecule has 0 heterocycles. The molecule has 0 aliphatic carbocycles. The summed E-state index contributed by atoms with van der Waals surface area (Å²) in [5.41, 5.74) is 0. The molecular formula is ClF5Ta-. The summed E-state index contributed by atoms with van der Waals surface area (Å²) in [4.78, 5) is 0. The van der Waals surface area contributed by atoms with Crippen molar-refractivity contribution in [3.8, 4) is 0 Å². The Labute approximate surface area is 41.0 Å². The van der Waals surface area contributed by atoms with Gasteiger partial charge >= 0.3 is 40.5 Å². The molecule has 0 fully saturated rings. The van der Waals surface area contributed by atoms with Crippen LogP contribution in [0.15, 0.2) is 0 Å². The Kier molecular flexibility index (Phi) is 0.962. The molecule has 0 N–H and O–H groups in total. The normalized spacial score (nSPS) is 23.1. The Morgan fingerprint density at radius 2 is 0.857 bits per heavy atom. The first-order valence-electron chi connectivity index (χ1n) is 1.01. The van der Waals surface area contributed by atoms with E-state index >= 15 is 0 Å². The van der Waals surface area contributed by atoms with E-state index in [0.717, 1.165) is 0 Å². The molecule has 0 amide bonds. The van der Waals surface area contributed by atoms with Gasteiger partial charge in [-0.3, -0.25) is 0 Å². The van der Waals surface area contributed by atoms with Crippen molar-refractivity contribution in [3.05, 3.63) is 0 Å². The molecular weight excluding hydrogens is 311 g/mol. The van der Waals surface area contributed by atoms with E-state index < -0.39 is 16.2 Å². The van der Waals surface area contributed by atoms with Gasteiger partial charge in [0.05, 0.1) is 0 Å². The fourth-order valence-corrected chi connectivity index (χ4v) is 0. The molecule has 0 saturated carbocycles. The standard InChI is InChI=1S/ClH.5FH.Ta/h6*1H;/q;;;;;;+5/p-6. The maximum atomic E-state index is 10.4. The Morgan fingerprint density at radius 3 is 0.857 bits per heavy atom. The van der Waals surface area contributed by atoms with Crippen molar-refractivity contribution in [2.45, 2.75) is 0 Å². The van der Waals surface area contributed by atoms with E-state index in [1.165, 1.54) is 0 Å². The quantitative estimate of drug-likeness (QED) is 0.604. The monoisotopic (exact) mass is 311 g/mol. The molecule has 0 aliphatic heterocycles. The molecule has 48 valence electrons. The van der Waals surface area contributed by atoms with Crippen LogP contribution in [-0.4, -0.2) is 0 Å². The van der Waals surface area contributed by atoms with Crippen molar-refractivity contribution >= 4 is 9.19 Å². The van der Waals surface area contributed by atoms with E-state index in [1.54, 1.807) is 0 Å². The fourth-order valence-electron chi connectivity index (χ4n) is 0. The molecule has 7 heavy (non-hydrogen) atoms. The van der Waals surface area contributed by atoms with Crippen LogP contribution in [0, 0.1) is 0 Å². The average molecular weight is 311 g/mol. The van der Waals surface area contributed by atoms with Crippen LogP contribution in [0.4, 0.5) is 15.1 Å². The van der Waals surface area contributed by atoms with Crippen LogP contribution in [-0.2, 0) is 16.2 Å². The third-order valence-electron chi connectivity index (χ3n) is 0. The number of halogens is 6. The van der Waals surface area contributed by atoms with Crippen molar-refractivity contribution in [1.82, 2.24) is 0 Å². The van der Waals surface area contributed by atoms with E-state index in [-0.39, 0.29) is 0 Å². The molecule has 0 spiro atoms. The Morgan fingerprint density at radius 1 is 0.857 bits per heavy atom. The first kappa shape index (κ1) is 7.68. The van der Waals surface area contributed by atoms with Gasteiger partial charge in [0.25, 0.3) is 0 Å². The Bertz CT molecular complexity index is 66.6. The molecule has 0 aliphatic rings. The van der Waals surface area contributed by atoms with Gasteiger partial charge in [-0.2, -0.15) is 0 Å². The average Bonchev–Trinajstić information content (AvgIpc) is 0.592. The zero-order valence-electron chi connectivity index (χ0n) is 2.72. The summed E-state index contributed by atoms with van der Waals surface area (Å²) < 4.78 is 51.8. The van der Waals surface area contributed by atoms with Gasteiger partial charge in [0.2, 0.25) is 0 Å². The fraction of sp³-hybridized carbons (Fsp3) is 0. The third-order valence-corrected chi connectivity index (χ3v) is 0. The zero-order valence-corrected chi connectivity index (χ0v) is 6.68. The van der Waals surface area contributed by atoms with Crippen LogP contribution in [0.2, 0.25) is 0 Å². The van der Waals surface area contributed by atoms with Gasteiger partial charge < -0.3 is 0 Å². The van der Waals surface area contributed by atoms with Crippen molar-refractivity contribution in [2.24, 2.45) is 0 Å². The topological polar surface area (TPSA) is 0 Å². The SMILES string of the molecule is [F][Ta-]([F])([F])([F])([F])[Cl]. The van der Waals surface area contributed by atoms with Crippen molar-refractivity contribution in [3.63, 3.8) is 0 Å². The maximum absolute atomic E-state index is 10.4. The van der Waals surface area contributed by atoms with Crippen LogP contribution in [0.5, 0.6) is 0 Å². The van der Waals surface area contributed by atoms with Crippen LogP contribution in [0.3, 0.4) is 0 Å². The predicted molar refractivity (Wildman–Crippen MR) is 11.4 cm³/mol. The van der Waals surface area contributed by atoms with Crippen LogP contribution < -0.4 is 0 Å². The van der Waals surface area contributed by atoms with Crippen molar-refractivity contribution in [2.75, 3.05) is 0 Å². The van der Waals surface area contributed by atoms with Gasteiger partial charge in [0, 0.05) is 0 Å². The summed E-state index contributed by atoms with van der Waals surface area (Å²) in [6.45, 7) is 0. The summed E-state index contributed by atoms with van der Waals surface area (Å²) in [5, 5.41) is 0. The molecule has 7 heteroatoms. The molecule has 0 rings (SSSR count). The van der Waals surface area contributed by atoms with E-state index in [2.05, 4.69) is 9.19 Å².